The summed E-state index contributed by atoms with van der Waals surface area (Å²) in [6, 6.07) is -5.75. The van der Waals surface area contributed by atoms with Crippen molar-refractivity contribution in [1.29, 1.82) is 0 Å². The summed E-state index contributed by atoms with van der Waals surface area (Å²) >= 11 is 0. The van der Waals surface area contributed by atoms with E-state index in [1.165, 1.54) is 0 Å². The van der Waals surface area contributed by atoms with Crippen LogP contribution >= 0.6 is 0 Å². The second kappa shape index (κ2) is 30.7. The van der Waals surface area contributed by atoms with E-state index in [9.17, 15) is 53.1 Å². The molecule has 2 saturated heterocycles. The van der Waals surface area contributed by atoms with Crippen molar-refractivity contribution in [2.45, 2.75) is 271 Å². The second-order valence-electron chi connectivity index (χ2n) is 25.6. The summed E-state index contributed by atoms with van der Waals surface area (Å²) in [6.45, 7) is 27.3. The maximum absolute atomic E-state index is 14.6. The number of nitrogens with one attached hydrogen (secondary N) is 6. The molecule has 0 aromatic heterocycles. The molecule has 486 valence electrons. The highest BCUT2D eigenvalue weighted by Crippen LogP contribution is 2.35. The Morgan fingerprint density at radius 2 is 0.941 bits per heavy atom. The van der Waals surface area contributed by atoms with Gasteiger partial charge in [-0.2, -0.15) is 0 Å². The quantitative estimate of drug-likeness (QED) is 0.0716. The van der Waals surface area contributed by atoms with Crippen LogP contribution < -0.4 is 31.9 Å². The molecule has 0 aromatic rings. The van der Waals surface area contributed by atoms with Gasteiger partial charge in [0.25, 0.3) is 5.91 Å². The highest BCUT2D eigenvalue weighted by Gasteiger charge is 2.56. The number of amides is 6. The summed E-state index contributed by atoms with van der Waals surface area (Å²) < 4.78 is 75.9. The lowest BCUT2D eigenvalue weighted by Crippen LogP contribution is -2.71. The predicted molar refractivity (Wildman–Crippen MR) is 295 cm³/mol. The first-order chi connectivity index (χ1) is 38.9. The fourth-order valence-electron chi connectivity index (χ4n) is 8.81. The van der Waals surface area contributed by atoms with Crippen LogP contribution in [0.3, 0.4) is 0 Å². The van der Waals surface area contributed by atoms with Crippen LogP contribution in [0.15, 0.2) is 0 Å². The Balaban J connectivity index is 2.37. The molecule has 1 saturated carbocycles. The first-order valence-corrected chi connectivity index (χ1v) is 28.0. The molecule has 0 radical (unpaired) electrons. The van der Waals surface area contributed by atoms with Gasteiger partial charge in [-0.25, -0.2) is 24.0 Å². The molecule has 14 atom stereocenters. The summed E-state index contributed by atoms with van der Waals surface area (Å²) in [7, 11) is 0. The minimum absolute atomic E-state index is 0.107. The second-order valence-corrected chi connectivity index (χ2v) is 25.6. The van der Waals surface area contributed by atoms with E-state index >= 15 is 0 Å². The van der Waals surface area contributed by atoms with Gasteiger partial charge in [0.15, 0.2) is 30.9 Å². The third-order valence-corrected chi connectivity index (χ3v) is 11.7. The van der Waals surface area contributed by atoms with Crippen molar-refractivity contribution < 1.29 is 115 Å². The molecule has 6 unspecified atom stereocenters. The third-order valence-electron chi connectivity index (χ3n) is 11.7. The Morgan fingerprint density at radius 3 is 1.42 bits per heavy atom. The largest absolute Gasteiger partial charge is 0.463 e. The van der Waals surface area contributed by atoms with E-state index in [1.54, 1.807) is 104 Å². The molecule has 0 aromatic carbocycles. The van der Waals surface area contributed by atoms with Gasteiger partial charge in [-0.15, -0.1) is 0 Å². The summed E-state index contributed by atoms with van der Waals surface area (Å²) in [5.74, 6) is -4.71. The van der Waals surface area contributed by atoms with Crippen LogP contribution in [0.2, 0.25) is 0 Å². The molecule has 2 heterocycles. The van der Waals surface area contributed by atoms with Crippen molar-refractivity contribution >= 4 is 60.3 Å². The Hall–Kier alpha value is -6.50. The van der Waals surface area contributed by atoms with Crippen LogP contribution in [0.5, 0.6) is 0 Å². The Kier molecular flexibility index (Phi) is 26.3. The van der Waals surface area contributed by atoms with Crippen LogP contribution in [0, 0.1) is 0 Å². The number of rotatable bonds is 19. The SMILES string of the molecule is CC(=O)OCC1O[C@@H](O[C@H]2C(O)C(O[C@@H]3OC(CNC(=O)OC(C)(C)C)CCC3NC(=O)OC(C)(C)C)[C@@H](NC(=O)OC(C)(C)C)C[C@H]2NC(=O)[C@H](CCNC(=O)OC(C)(C)C)OC(C)=O)C(OC(C)=O)[C@@H](NC(=O)OC(C)(C)C)[C@H]1OC(C)=O. The molecule has 0 bridgehead atoms. The van der Waals surface area contributed by atoms with Crippen LogP contribution in [-0.4, -0.2) is 199 Å². The maximum atomic E-state index is 14.6. The summed E-state index contributed by atoms with van der Waals surface area (Å²) in [4.78, 5) is 132. The molecule has 30 heteroatoms. The zero-order valence-electron chi connectivity index (χ0n) is 52.4. The highest BCUT2D eigenvalue weighted by atomic mass is 16.7. The van der Waals surface area contributed by atoms with Gasteiger partial charge in [0.1, 0.15) is 65.1 Å². The van der Waals surface area contributed by atoms with Crippen molar-refractivity contribution in [2.75, 3.05) is 19.7 Å². The average Bonchev–Trinajstić information content (AvgIpc) is 1.40. The van der Waals surface area contributed by atoms with Crippen molar-refractivity contribution in [2.24, 2.45) is 0 Å². The van der Waals surface area contributed by atoms with E-state index in [-0.39, 0.29) is 32.4 Å². The molecule has 7 N–H and O–H groups in total. The third kappa shape index (κ3) is 27.2. The lowest BCUT2D eigenvalue weighted by molar-refractivity contribution is -0.319. The predicted octanol–water partition coefficient (Wildman–Crippen LogP) is 3.71. The molecule has 30 nitrogen and oxygen atoms in total. The fraction of sp³-hybridized carbons (Fsp3) is 0.818. The van der Waals surface area contributed by atoms with Crippen LogP contribution in [0.1, 0.15) is 157 Å². The maximum Gasteiger partial charge on any atom is 0.408 e. The smallest absolute Gasteiger partial charge is 0.408 e. The number of alkyl carbamates (subject to hydrolysis) is 5. The Bertz CT molecular complexity index is 2320. The summed E-state index contributed by atoms with van der Waals surface area (Å²) in [5, 5.41) is 29.0. The fourth-order valence-corrected chi connectivity index (χ4v) is 8.81. The first kappa shape index (κ1) is 72.8. The number of aliphatic hydroxyl groups is 1. The molecule has 1 aliphatic carbocycles. The van der Waals surface area contributed by atoms with Crippen molar-refractivity contribution in [1.82, 2.24) is 31.9 Å². The number of carbonyl (C=O) groups is 10. The zero-order valence-corrected chi connectivity index (χ0v) is 52.4. The monoisotopic (exact) mass is 1220 g/mol. The minimum Gasteiger partial charge on any atom is -0.463 e. The van der Waals surface area contributed by atoms with E-state index in [1.807, 2.05) is 0 Å². The minimum atomic E-state index is -2.12. The standard InChI is InChI=1S/C55H92N6O24/c1-27(62)73-26-36-41(75-29(3)64)37(61-50(72)85-55(17,18)19)42(76-30(4)65)45(78-36)80-39-33(58-43(67)35(74-28(2)63)22-23-56-46(68)81-51(5,6)7)24-34(60-49(71)84-54(14,15)16)40(38(39)66)79-44-32(59-48(70)83-53(11,12)13)21-20-31(77-44)25-57-47(69)82-52(8,9)10/h31-42,44-45,66H,20-26H2,1-19H3,(H,56,68)(H,57,69)(H,58,67)(H,59,70)(H,60,71)(H,61,72)/t31?,32?,33-,34+,35+,36?,37+,38?,39-,40?,41+,42?,44+,45+/m1/s1. The van der Waals surface area contributed by atoms with Gasteiger partial charge in [0.05, 0.1) is 24.2 Å². The van der Waals surface area contributed by atoms with Crippen molar-refractivity contribution in [3.63, 3.8) is 0 Å². The lowest BCUT2D eigenvalue weighted by Gasteiger charge is -2.50. The summed E-state index contributed by atoms with van der Waals surface area (Å²) in [5.41, 5.74) is -4.98. The Morgan fingerprint density at radius 1 is 0.494 bits per heavy atom. The van der Waals surface area contributed by atoms with E-state index < -0.39 is 187 Å². The van der Waals surface area contributed by atoms with Crippen LogP contribution in [-0.2, 0) is 85.6 Å². The van der Waals surface area contributed by atoms with Gasteiger partial charge in [-0.3, -0.25) is 24.0 Å². The lowest BCUT2D eigenvalue weighted by atomic mass is 9.83. The van der Waals surface area contributed by atoms with Gasteiger partial charge in [0, 0.05) is 47.2 Å². The number of carbonyl (C=O) groups excluding carboxylic acids is 10. The van der Waals surface area contributed by atoms with Crippen LogP contribution in [0.25, 0.3) is 0 Å². The normalized spacial score (nSPS) is 26.7. The molecule has 3 rings (SSSR count). The zero-order chi connectivity index (χ0) is 64.7. The van der Waals surface area contributed by atoms with E-state index in [2.05, 4.69) is 31.9 Å². The van der Waals surface area contributed by atoms with Gasteiger partial charge < -0.3 is 98.6 Å². The number of aliphatic hydroxyl groups excluding tert-OH is 1. The molecule has 85 heavy (non-hydrogen) atoms. The first-order valence-electron chi connectivity index (χ1n) is 28.0. The van der Waals surface area contributed by atoms with E-state index in [0.717, 1.165) is 27.7 Å². The van der Waals surface area contributed by atoms with Crippen molar-refractivity contribution in [3.8, 4) is 0 Å². The number of hydrogen-bond acceptors (Lipinski definition) is 24. The topological polar surface area (TPSA) is 383 Å². The molecule has 3 aliphatic rings. The molecular weight excluding hydrogens is 1130 g/mol. The number of hydrogen-bond donors (Lipinski definition) is 7. The number of esters is 4. The van der Waals surface area contributed by atoms with Crippen molar-refractivity contribution in [3.05, 3.63) is 0 Å². The summed E-state index contributed by atoms with van der Waals surface area (Å²) in [6.07, 6.45) is -22.1. The van der Waals surface area contributed by atoms with Gasteiger partial charge in [0.2, 0.25) is 0 Å². The van der Waals surface area contributed by atoms with E-state index in [0.29, 0.717) is 0 Å². The van der Waals surface area contributed by atoms with Gasteiger partial charge >= 0.3 is 54.3 Å². The molecule has 2 aliphatic heterocycles. The Labute approximate surface area is 496 Å². The number of ether oxygens (including phenoxy) is 13. The molecule has 6 amide bonds. The van der Waals surface area contributed by atoms with Gasteiger partial charge in [-0.05, 0) is 123 Å². The van der Waals surface area contributed by atoms with Gasteiger partial charge in [-0.1, -0.05) is 0 Å². The average molecular weight is 1220 g/mol. The van der Waals surface area contributed by atoms with E-state index in [4.69, 9.17) is 61.6 Å². The molecule has 3 fully saturated rings. The van der Waals surface area contributed by atoms with Crippen LogP contribution in [0.4, 0.5) is 24.0 Å². The molecule has 0 spiro atoms. The molecular formula is C55H92N6O24. The highest BCUT2D eigenvalue weighted by molar-refractivity contribution is 5.84.